The van der Waals surface area contributed by atoms with Gasteiger partial charge in [0.25, 0.3) is 0 Å². The summed E-state index contributed by atoms with van der Waals surface area (Å²) in [7, 11) is 0. The van der Waals surface area contributed by atoms with E-state index in [1.54, 1.807) is 6.08 Å². The Kier molecular flexibility index (Phi) is 9.55. The van der Waals surface area contributed by atoms with Crippen molar-refractivity contribution in [1.82, 2.24) is 0 Å². The van der Waals surface area contributed by atoms with E-state index < -0.39 is 0 Å². The van der Waals surface area contributed by atoms with Gasteiger partial charge in [-0.25, -0.2) is 0 Å². The van der Waals surface area contributed by atoms with Crippen LogP contribution in [0.15, 0.2) is 12.2 Å². The molecule has 0 heterocycles. The van der Waals surface area contributed by atoms with Gasteiger partial charge in [-0.05, 0) is 25.3 Å². The quantitative estimate of drug-likeness (QED) is 0.404. The van der Waals surface area contributed by atoms with Gasteiger partial charge in [-0.15, -0.1) is 0 Å². The Bertz CT molecular complexity index is 182. The lowest BCUT2D eigenvalue weighted by Gasteiger charge is -2.10. The van der Waals surface area contributed by atoms with Crippen LogP contribution in [0.25, 0.3) is 0 Å². The molecule has 0 N–H and O–H groups in total. The molecule has 0 aromatic carbocycles. The molecule has 0 saturated carbocycles. The topological polar surface area (TPSA) is 17.1 Å². The van der Waals surface area contributed by atoms with E-state index in [0.29, 0.717) is 5.78 Å². The molecule has 0 spiro atoms. The lowest BCUT2D eigenvalue weighted by Crippen LogP contribution is -2.10. The molecule has 0 amide bonds. The van der Waals surface area contributed by atoms with Crippen LogP contribution in [0.1, 0.15) is 65.7 Å². The van der Waals surface area contributed by atoms with Crippen LogP contribution in [0.3, 0.4) is 0 Å². The number of ketones is 1. The summed E-state index contributed by atoms with van der Waals surface area (Å²) in [5, 5.41) is 0. The number of rotatable bonds is 9. The SMILES string of the molecule is CCC/C=C/C(=O)C(CC)CCCCC. The van der Waals surface area contributed by atoms with Crippen LogP contribution in [0, 0.1) is 5.92 Å². The standard InChI is InChI=1S/C14H26O/c1-4-7-9-11-13(6-3)14(15)12-10-8-5-2/h10,12-13H,4-9,11H2,1-3H3/b12-10+. The summed E-state index contributed by atoms with van der Waals surface area (Å²) in [6, 6.07) is 0. The summed E-state index contributed by atoms with van der Waals surface area (Å²) in [6.07, 6.45) is 11.7. The van der Waals surface area contributed by atoms with Crippen molar-refractivity contribution in [2.45, 2.75) is 65.7 Å². The van der Waals surface area contributed by atoms with Crippen LogP contribution in [0.5, 0.6) is 0 Å². The molecule has 0 rings (SSSR count). The third-order valence-electron chi connectivity index (χ3n) is 2.79. The molecule has 15 heavy (non-hydrogen) atoms. The Morgan fingerprint density at radius 1 is 1.13 bits per heavy atom. The van der Waals surface area contributed by atoms with E-state index in [1.165, 1.54) is 19.3 Å². The van der Waals surface area contributed by atoms with Gasteiger partial charge in [-0.2, -0.15) is 0 Å². The first-order valence-electron chi connectivity index (χ1n) is 6.46. The molecule has 0 aliphatic rings. The van der Waals surface area contributed by atoms with Crippen LogP contribution < -0.4 is 0 Å². The average molecular weight is 210 g/mol. The predicted molar refractivity (Wildman–Crippen MR) is 67.0 cm³/mol. The van der Waals surface area contributed by atoms with Crippen LogP contribution in [0.4, 0.5) is 0 Å². The minimum atomic E-state index is 0.268. The average Bonchev–Trinajstić information content (AvgIpc) is 2.24. The molecule has 0 aromatic heterocycles. The lowest BCUT2D eigenvalue weighted by molar-refractivity contribution is -0.118. The monoisotopic (exact) mass is 210 g/mol. The second kappa shape index (κ2) is 9.95. The van der Waals surface area contributed by atoms with Gasteiger partial charge in [0.2, 0.25) is 0 Å². The van der Waals surface area contributed by atoms with E-state index in [2.05, 4.69) is 20.8 Å². The highest BCUT2D eigenvalue weighted by Crippen LogP contribution is 2.15. The van der Waals surface area contributed by atoms with Crippen LogP contribution >= 0.6 is 0 Å². The molecule has 88 valence electrons. The highest BCUT2D eigenvalue weighted by Gasteiger charge is 2.12. The molecule has 1 unspecified atom stereocenters. The van der Waals surface area contributed by atoms with E-state index in [9.17, 15) is 4.79 Å². The zero-order valence-corrected chi connectivity index (χ0v) is 10.6. The minimum Gasteiger partial charge on any atom is -0.295 e. The Hall–Kier alpha value is -0.590. The molecule has 0 aliphatic carbocycles. The first-order valence-corrected chi connectivity index (χ1v) is 6.46. The molecule has 0 bridgehead atoms. The van der Waals surface area contributed by atoms with E-state index in [-0.39, 0.29) is 5.92 Å². The molecular formula is C14H26O. The highest BCUT2D eigenvalue weighted by molar-refractivity contribution is 5.91. The molecule has 0 radical (unpaired) electrons. The number of allylic oxidation sites excluding steroid dienone is 2. The maximum Gasteiger partial charge on any atom is 0.158 e. The molecule has 1 atom stereocenters. The number of hydrogen-bond acceptors (Lipinski definition) is 1. The predicted octanol–water partition coefficient (Wildman–Crippen LogP) is 4.52. The van der Waals surface area contributed by atoms with Crippen LogP contribution in [0.2, 0.25) is 0 Å². The fraction of sp³-hybridized carbons (Fsp3) is 0.786. The van der Waals surface area contributed by atoms with Gasteiger partial charge in [0.15, 0.2) is 5.78 Å². The number of hydrogen-bond donors (Lipinski definition) is 0. The summed E-state index contributed by atoms with van der Waals surface area (Å²) in [5.74, 6) is 0.603. The molecular weight excluding hydrogens is 184 g/mol. The minimum absolute atomic E-state index is 0.268. The smallest absolute Gasteiger partial charge is 0.158 e. The number of carbonyl (C=O) groups is 1. The molecule has 1 heteroatoms. The van der Waals surface area contributed by atoms with Gasteiger partial charge in [-0.1, -0.05) is 52.5 Å². The van der Waals surface area contributed by atoms with E-state index in [0.717, 1.165) is 25.7 Å². The van der Waals surface area contributed by atoms with Gasteiger partial charge >= 0.3 is 0 Å². The zero-order valence-electron chi connectivity index (χ0n) is 10.6. The van der Waals surface area contributed by atoms with Crippen molar-refractivity contribution in [2.75, 3.05) is 0 Å². The Morgan fingerprint density at radius 2 is 1.87 bits per heavy atom. The van der Waals surface area contributed by atoms with E-state index in [1.807, 2.05) is 6.08 Å². The first-order chi connectivity index (χ1) is 7.26. The molecule has 0 aromatic rings. The molecule has 1 nitrogen and oxygen atoms in total. The van der Waals surface area contributed by atoms with Crippen molar-refractivity contribution in [1.29, 1.82) is 0 Å². The first kappa shape index (κ1) is 14.4. The van der Waals surface area contributed by atoms with E-state index in [4.69, 9.17) is 0 Å². The third-order valence-corrected chi connectivity index (χ3v) is 2.79. The molecule has 0 saturated heterocycles. The summed E-state index contributed by atoms with van der Waals surface area (Å²) < 4.78 is 0. The van der Waals surface area contributed by atoms with Gasteiger partial charge in [-0.3, -0.25) is 4.79 Å². The Morgan fingerprint density at radius 3 is 2.40 bits per heavy atom. The lowest BCUT2D eigenvalue weighted by atomic mass is 9.94. The van der Waals surface area contributed by atoms with Crippen molar-refractivity contribution < 1.29 is 4.79 Å². The van der Waals surface area contributed by atoms with Gasteiger partial charge < -0.3 is 0 Å². The van der Waals surface area contributed by atoms with Crippen LogP contribution in [-0.2, 0) is 4.79 Å². The summed E-state index contributed by atoms with van der Waals surface area (Å²) in [6.45, 7) is 6.44. The summed E-state index contributed by atoms with van der Waals surface area (Å²) >= 11 is 0. The van der Waals surface area contributed by atoms with E-state index >= 15 is 0 Å². The Labute approximate surface area is 95.0 Å². The van der Waals surface area contributed by atoms with Gasteiger partial charge in [0, 0.05) is 5.92 Å². The second-order valence-corrected chi connectivity index (χ2v) is 4.19. The second-order valence-electron chi connectivity index (χ2n) is 4.19. The molecule has 0 aliphatic heterocycles. The van der Waals surface area contributed by atoms with Crippen molar-refractivity contribution in [2.24, 2.45) is 5.92 Å². The normalized spacial score (nSPS) is 13.3. The largest absolute Gasteiger partial charge is 0.295 e. The van der Waals surface area contributed by atoms with Crippen molar-refractivity contribution >= 4 is 5.78 Å². The third kappa shape index (κ3) is 7.35. The van der Waals surface area contributed by atoms with Crippen LogP contribution in [-0.4, -0.2) is 5.78 Å². The fourth-order valence-corrected chi connectivity index (χ4v) is 1.69. The van der Waals surface area contributed by atoms with Gasteiger partial charge in [0.1, 0.15) is 0 Å². The maximum atomic E-state index is 11.8. The summed E-state index contributed by atoms with van der Waals surface area (Å²) in [4.78, 5) is 11.8. The number of unbranched alkanes of at least 4 members (excludes halogenated alkanes) is 3. The summed E-state index contributed by atoms with van der Waals surface area (Å²) in [5.41, 5.74) is 0. The fourth-order valence-electron chi connectivity index (χ4n) is 1.69. The Balaban J connectivity index is 3.87. The number of carbonyl (C=O) groups excluding carboxylic acids is 1. The molecule has 0 fully saturated rings. The van der Waals surface area contributed by atoms with Gasteiger partial charge in [0.05, 0.1) is 0 Å². The highest BCUT2D eigenvalue weighted by atomic mass is 16.1. The van der Waals surface area contributed by atoms with Crippen molar-refractivity contribution in [3.05, 3.63) is 12.2 Å². The van der Waals surface area contributed by atoms with Crippen molar-refractivity contribution in [3.63, 3.8) is 0 Å². The maximum absolute atomic E-state index is 11.8. The van der Waals surface area contributed by atoms with Crippen molar-refractivity contribution in [3.8, 4) is 0 Å². The zero-order chi connectivity index (χ0) is 11.5.